The lowest BCUT2D eigenvalue weighted by molar-refractivity contribution is -0.136. The lowest BCUT2D eigenvalue weighted by Crippen LogP contribution is -2.37. The van der Waals surface area contributed by atoms with Gasteiger partial charge in [-0.05, 0) is 32.3 Å². The van der Waals surface area contributed by atoms with Gasteiger partial charge in [0.15, 0.2) is 0 Å². The molecule has 1 aliphatic heterocycles. The number of likely N-dealkylation sites (tertiary alicyclic amines) is 1. The fourth-order valence-electron chi connectivity index (χ4n) is 4.26. The van der Waals surface area contributed by atoms with Crippen LogP contribution in [0.15, 0.2) is 24.3 Å². The second-order valence-electron chi connectivity index (χ2n) is 7.70. The van der Waals surface area contributed by atoms with Crippen molar-refractivity contribution in [3.05, 3.63) is 35.4 Å². The molecular formula is C21H30N2O2. The molecule has 3 rings (SSSR count). The van der Waals surface area contributed by atoms with Gasteiger partial charge in [0.1, 0.15) is 0 Å². The van der Waals surface area contributed by atoms with E-state index >= 15 is 0 Å². The van der Waals surface area contributed by atoms with Gasteiger partial charge in [0.05, 0.1) is 5.92 Å². The number of hydrogen-bond donors (Lipinski definition) is 0. The Bertz CT molecular complexity index is 619. The first kappa shape index (κ1) is 18.0. The van der Waals surface area contributed by atoms with Crippen LogP contribution in [0.2, 0.25) is 0 Å². The summed E-state index contributed by atoms with van der Waals surface area (Å²) in [5, 5.41) is 0. The van der Waals surface area contributed by atoms with Crippen molar-refractivity contribution >= 4 is 11.8 Å². The van der Waals surface area contributed by atoms with Crippen molar-refractivity contribution in [1.82, 2.24) is 9.80 Å². The van der Waals surface area contributed by atoms with Crippen molar-refractivity contribution < 1.29 is 9.59 Å². The molecule has 1 aromatic carbocycles. The molecule has 1 aromatic rings. The predicted octanol–water partition coefficient (Wildman–Crippen LogP) is 3.21. The Morgan fingerprint density at radius 2 is 1.76 bits per heavy atom. The van der Waals surface area contributed by atoms with E-state index in [0.29, 0.717) is 19.6 Å². The van der Waals surface area contributed by atoms with Crippen LogP contribution in [-0.2, 0) is 9.59 Å². The summed E-state index contributed by atoms with van der Waals surface area (Å²) < 4.78 is 0. The van der Waals surface area contributed by atoms with Gasteiger partial charge < -0.3 is 9.80 Å². The third-order valence-electron chi connectivity index (χ3n) is 6.01. The molecule has 0 aromatic heterocycles. The molecule has 1 heterocycles. The first-order valence-electron chi connectivity index (χ1n) is 9.61. The van der Waals surface area contributed by atoms with Gasteiger partial charge in [-0.1, -0.05) is 42.7 Å². The molecule has 136 valence electrons. The first-order chi connectivity index (χ1) is 12.0. The molecule has 2 unspecified atom stereocenters. The predicted molar refractivity (Wildman–Crippen MR) is 99.3 cm³/mol. The molecule has 2 fully saturated rings. The van der Waals surface area contributed by atoms with Gasteiger partial charge >= 0.3 is 0 Å². The summed E-state index contributed by atoms with van der Waals surface area (Å²) in [6.07, 6.45) is 4.34. The summed E-state index contributed by atoms with van der Waals surface area (Å²) in [4.78, 5) is 29.5. The molecule has 25 heavy (non-hydrogen) atoms. The van der Waals surface area contributed by atoms with Crippen molar-refractivity contribution in [3.63, 3.8) is 0 Å². The monoisotopic (exact) mass is 342 g/mol. The van der Waals surface area contributed by atoms with E-state index in [0.717, 1.165) is 25.7 Å². The SMILES string of the molecule is CCN(C)C(=O)C1CN(C(=O)C2CCCC2)CC1c1ccc(C)cc1. The zero-order chi connectivity index (χ0) is 18.0. The number of aryl methyl sites for hydroxylation is 1. The quantitative estimate of drug-likeness (QED) is 0.843. The van der Waals surface area contributed by atoms with Gasteiger partial charge in [0, 0.05) is 38.5 Å². The highest BCUT2D eigenvalue weighted by molar-refractivity contribution is 5.84. The van der Waals surface area contributed by atoms with E-state index in [1.165, 1.54) is 11.1 Å². The van der Waals surface area contributed by atoms with Crippen molar-refractivity contribution in [2.45, 2.75) is 45.4 Å². The maximum Gasteiger partial charge on any atom is 0.227 e. The maximum atomic E-state index is 12.9. The normalized spacial score (nSPS) is 23.9. The molecule has 4 heteroatoms. The molecule has 0 radical (unpaired) electrons. The molecule has 2 amide bonds. The Morgan fingerprint density at radius 1 is 1.12 bits per heavy atom. The first-order valence-corrected chi connectivity index (χ1v) is 9.61. The van der Waals surface area contributed by atoms with Crippen LogP contribution in [0.1, 0.15) is 49.7 Å². The highest BCUT2D eigenvalue weighted by Gasteiger charge is 2.42. The zero-order valence-electron chi connectivity index (χ0n) is 15.7. The second kappa shape index (κ2) is 7.59. The van der Waals surface area contributed by atoms with Crippen LogP contribution in [0.4, 0.5) is 0 Å². The van der Waals surface area contributed by atoms with E-state index in [-0.39, 0.29) is 29.6 Å². The number of rotatable bonds is 4. The minimum atomic E-state index is -0.127. The molecule has 1 saturated heterocycles. The smallest absolute Gasteiger partial charge is 0.227 e. The molecule has 0 bridgehead atoms. The van der Waals surface area contributed by atoms with Crippen LogP contribution >= 0.6 is 0 Å². The Balaban J connectivity index is 1.82. The lowest BCUT2D eigenvalue weighted by Gasteiger charge is -2.23. The second-order valence-corrected chi connectivity index (χ2v) is 7.70. The van der Waals surface area contributed by atoms with Crippen LogP contribution in [0, 0.1) is 18.8 Å². The fourth-order valence-corrected chi connectivity index (χ4v) is 4.26. The third kappa shape index (κ3) is 3.73. The summed E-state index contributed by atoms with van der Waals surface area (Å²) in [7, 11) is 1.86. The van der Waals surface area contributed by atoms with Gasteiger partial charge in [-0.3, -0.25) is 9.59 Å². The Labute approximate surface area is 151 Å². The number of amides is 2. The van der Waals surface area contributed by atoms with E-state index in [2.05, 4.69) is 31.2 Å². The number of hydrogen-bond acceptors (Lipinski definition) is 2. The summed E-state index contributed by atoms with van der Waals surface area (Å²) in [5.74, 6) is 0.584. The number of benzene rings is 1. The van der Waals surface area contributed by atoms with Gasteiger partial charge in [0.2, 0.25) is 11.8 Å². The van der Waals surface area contributed by atoms with Gasteiger partial charge in [-0.2, -0.15) is 0 Å². The molecular weight excluding hydrogens is 312 g/mol. The van der Waals surface area contributed by atoms with Crippen LogP contribution in [0.5, 0.6) is 0 Å². The van der Waals surface area contributed by atoms with E-state index in [9.17, 15) is 9.59 Å². The fraction of sp³-hybridized carbons (Fsp3) is 0.619. The molecule has 0 N–H and O–H groups in total. The minimum absolute atomic E-state index is 0.104. The maximum absolute atomic E-state index is 12.9. The Morgan fingerprint density at radius 3 is 2.36 bits per heavy atom. The molecule has 1 saturated carbocycles. The largest absolute Gasteiger partial charge is 0.346 e. The van der Waals surface area contributed by atoms with Crippen molar-refractivity contribution in [3.8, 4) is 0 Å². The van der Waals surface area contributed by atoms with Crippen LogP contribution in [0.3, 0.4) is 0 Å². The van der Waals surface area contributed by atoms with E-state index in [1.807, 2.05) is 18.9 Å². The lowest BCUT2D eigenvalue weighted by atomic mass is 9.87. The van der Waals surface area contributed by atoms with Crippen molar-refractivity contribution in [1.29, 1.82) is 0 Å². The topological polar surface area (TPSA) is 40.6 Å². The van der Waals surface area contributed by atoms with Crippen molar-refractivity contribution in [2.75, 3.05) is 26.7 Å². The minimum Gasteiger partial charge on any atom is -0.346 e. The molecule has 0 spiro atoms. The average molecular weight is 342 g/mol. The average Bonchev–Trinajstić information content (AvgIpc) is 3.30. The van der Waals surface area contributed by atoms with Gasteiger partial charge in [-0.15, -0.1) is 0 Å². The number of carbonyl (C=O) groups is 2. The molecule has 2 atom stereocenters. The summed E-state index contributed by atoms with van der Waals surface area (Å²) in [6, 6.07) is 8.44. The molecule has 2 aliphatic rings. The van der Waals surface area contributed by atoms with Crippen LogP contribution in [0.25, 0.3) is 0 Å². The standard InChI is InChI=1S/C21H30N2O2/c1-4-22(3)21(25)19-14-23(20(24)17-7-5-6-8-17)13-18(19)16-11-9-15(2)10-12-16/h9-12,17-19H,4-8,13-14H2,1-3H3. The Hall–Kier alpha value is -1.84. The van der Waals surface area contributed by atoms with Crippen molar-refractivity contribution in [2.24, 2.45) is 11.8 Å². The highest BCUT2D eigenvalue weighted by Crippen LogP contribution is 2.36. The van der Waals surface area contributed by atoms with E-state index in [4.69, 9.17) is 0 Å². The molecule has 1 aliphatic carbocycles. The third-order valence-corrected chi connectivity index (χ3v) is 6.01. The van der Waals surface area contributed by atoms with Crippen LogP contribution < -0.4 is 0 Å². The number of nitrogens with zero attached hydrogens (tertiary/aromatic N) is 2. The van der Waals surface area contributed by atoms with E-state index < -0.39 is 0 Å². The number of carbonyl (C=O) groups excluding carboxylic acids is 2. The Kier molecular flexibility index (Phi) is 5.45. The molecule has 4 nitrogen and oxygen atoms in total. The van der Waals surface area contributed by atoms with E-state index in [1.54, 1.807) is 4.90 Å². The van der Waals surface area contributed by atoms with Gasteiger partial charge in [-0.25, -0.2) is 0 Å². The summed E-state index contributed by atoms with van der Waals surface area (Å²) in [6.45, 7) is 6.01. The zero-order valence-corrected chi connectivity index (χ0v) is 15.7. The summed E-state index contributed by atoms with van der Waals surface area (Å²) in [5.41, 5.74) is 2.39. The van der Waals surface area contributed by atoms with Gasteiger partial charge in [0.25, 0.3) is 0 Å². The summed E-state index contributed by atoms with van der Waals surface area (Å²) >= 11 is 0. The van der Waals surface area contributed by atoms with Crippen LogP contribution in [-0.4, -0.2) is 48.3 Å². The highest BCUT2D eigenvalue weighted by atomic mass is 16.2.